The van der Waals surface area contributed by atoms with E-state index in [1.807, 2.05) is 0 Å². The van der Waals surface area contributed by atoms with Gasteiger partial charge in [0.1, 0.15) is 12.1 Å². The minimum atomic E-state index is -0.461. The van der Waals surface area contributed by atoms with Crippen molar-refractivity contribution in [3.8, 4) is 17.2 Å². The summed E-state index contributed by atoms with van der Waals surface area (Å²) in [7, 11) is 4.52. The molecule has 1 N–H and O–H groups in total. The van der Waals surface area contributed by atoms with Crippen LogP contribution in [0.2, 0.25) is 0 Å². The quantitative estimate of drug-likeness (QED) is 0.529. The van der Waals surface area contributed by atoms with Crippen molar-refractivity contribution in [3.63, 3.8) is 0 Å². The van der Waals surface area contributed by atoms with Gasteiger partial charge in [0.15, 0.2) is 11.5 Å². The van der Waals surface area contributed by atoms with Crippen LogP contribution in [0.5, 0.6) is 17.2 Å². The summed E-state index contributed by atoms with van der Waals surface area (Å²) in [5.74, 6) is 1.69. The van der Waals surface area contributed by atoms with E-state index in [0.29, 0.717) is 39.7 Å². The molecule has 9 nitrogen and oxygen atoms in total. The van der Waals surface area contributed by atoms with Gasteiger partial charge in [-0.1, -0.05) is 6.07 Å². The van der Waals surface area contributed by atoms with Crippen LogP contribution in [-0.4, -0.2) is 36.2 Å². The van der Waals surface area contributed by atoms with Crippen LogP contribution >= 0.6 is 0 Å². The molecule has 0 saturated heterocycles. The highest BCUT2D eigenvalue weighted by atomic mass is 16.6. The van der Waals surface area contributed by atoms with Crippen LogP contribution in [0.25, 0.3) is 10.9 Å². The third-order valence-corrected chi connectivity index (χ3v) is 3.75. The van der Waals surface area contributed by atoms with Crippen molar-refractivity contribution in [2.75, 3.05) is 26.6 Å². The second kappa shape index (κ2) is 7.09. The first-order chi connectivity index (χ1) is 12.6. The zero-order valence-electron chi connectivity index (χ0n) is 14.3. The van der Waals surface area contributed by atoms with Crippen LogP contribution in [0.3, 0.4) is 0 Å². The van der Waals surface area contributed by atoms with Gasteiger partial charge >= 0.3 is 0 Å². The minimum absolute atomic E-state index is 0.0282. The number of nitrogens with zero attached hydrogens (tertiary/aromatic N) is 3. The lowest BCUT2D eigenvalue weighted by Gasteiger charge is -2.16. The second-order valence-electron chi connectivity index (χ2n) is 5.19. The predicted octanol–water partition coefficient (Wildman–Crippen LogP) is 3.31. The summed E-state index contributed by atoms with van der Waals surface area (Å²) in [4.78, 5) is 19.0. The molecule has 0 fully saturated rings. The number of ether oxygens (including phenoxy) is 3. The molecule has 0 saturated carbocycles. The number of aromatic nitrogens is 2. The highest BCUT2D eigenvalue weighted by Gasteiger charge is 2.20. The molecule has 134 valence electrons. The molecule has 0 aliphatic rings. The van der Waals surface area contributed by atoms with E-state index < -0.39 is 4.92 Å². The van der Waals surface area contributed by atoms with Crippen molar-refractivity contribution in [3.05, 3.63) is 46.8 Å². The Morgan fingerprint density at radius 2 is 1.81 bits per heavy atom. The van der Waals surface area contributed by atoms with Crippen molar-refractivity contribution in [1.29, 1.82) is 0 Å². The zero-order chi connectivity index (χ0) is 18.7. The highest BCUT2D eigenvalue weighted by Crippen LogP contribution is 2.45. The number of hydrogen-bond donors (Lipinski definition) is 1. The molecular formula is C17H16N4O5. The first kappa shape index (κ1) is 17.2. The number of fused-ring (bicyclic) bond motifs is 1. The molecule has 0 bridgehead atoms. The number of hydrogen-bond acceptors (Lipinski definition) is 8. The van der Waals surface area contributed by atoms with E-state index in [1.54, 1.807) is 18.2 Å². The minimum Gasteiger partial charge on any atom is -0.493 e. The number of nitrogens with one attached hydrogen (secondary N) is 1. The first-order valence-corrected chi connectivity index (χ1v) is 7.54. The number of nitro benzene ring substituents is 1. The molecule has 0 atom stereocenters. The standard InChI is InChI=1S/C17H16N4O5/c1-24-13-8-12-14(16(26-3)15(13)25-2)17(19-9-18-12)20-10-5-4-6-11(7-10)21(22)23/h4-9H,1-3H3,(H,18,19,20). The molecule has 0 amide bonds. The fraction of sp³-hybridized carbons (Fsp3) is 0.176. The fourth-order valence-corrected chi connectivity index (χ4v) is 2.62. The van der Waals surface area contributed by atoms with Gasteiger partial charge in [-0.15, -0.1) is 0 Å². The van der Waals surface area contributed by atoms with Crippen molar-refractivity contribution >= 4 is 28.1 Å². The number of nitro groups is 1. The molecule has 26 heavy (non-hydrogen) atoms. The lowest BCUT2D eigenvalue weighted by atomic mass is 10.1. The van der Waals surface area contributed by atoms with Gasteiger partial charge in [0, 0.05) is 23.9 Å². The van der Waals surface area contributed by atoms with E-state index in [0.717, 1.165) is 0 Å². The maximum absolute atomic E-state index is 11.0. The van der Waals surface area contributed by atoms with Crippen LogP contribution in [-0.2, 0) is 0 Å². The zero-order valence-corrected chi connectivity index (χ0v) is 14.3. The molecule has 0 aliphatic carbocycles. The monoisotopic (exact) mass is 356 g/mol. The van der Waals surface area contributed by atoms with Crippen molar-refractivity contribution < 1.29 is 19.1 Å². The van der Waals surface area contributed by atoms with Crippen LogP contribution in [0.1, 0.15) is 0 Å². The van der Waals surface area contributed by atoms with Crippen LogP contribution in [0, 0.1) is 10.1 Å². The number of rotatable bonds is 6. The third-order valence-electron chi connectivity index (χ3n) is 3.75. The largest absolute Gasteiger partial charge is 0.493 e. The Kier molecular flexibility index (Phi) is 4.70. The second-order valence-corrected chi connectivity index (χ2v) is 5.19. The molecule has 3 aromatic rings. The molecule has 0 aliphatic heterocycles. The highest BCUT2D eigenvalue weighted by molar-refractivity contribution is 5.99. The summed E-state index contributed by atoms with van der Waals surface area (Å²) in [6, 6.07) is 7.83. The van der Waals surface area contributed by atoms with E-state index >= 15 is 0 Å². The van der Waals surface area contributed by atoms with Crippen molar-refractivity contribution in [2.24, 2.45) is 0 Å². The van der Waals surface area contributed by atoms with Crippen LogP contribution in [0.4, 0.5) is 17.2 Å². The molecule has 3 rings (SSSR count). The summed E-state index contributed by atoms with van der Waals surface area (Å²) in [5, 5.41) is 14.6. The average molecular weight is 356 g/mol. The molecule has 0 radical (unpaired) electrons. The molecule has 0 unspecified atom stereocenters. The summed E-state index contributed by atoms with van der Waals surface area (Å²) >= 11 is 0. The predicted molar refractivity (Wildman–Crippen MR) is 95.6 cm³/mol. The molecule has 9 heteroatoms. The van der Waals surface area contributed by atoms with Crippen LogP contribution < -0.4 is 19.5 Å². The summed E-state index contributed by atoms with van der Waals surface area (Å²) in [6.07, 6.45) is 1.38. The summed E-state index contributed by atoms with van der Waals surface area (Å²) < 4.78 is 16.2. The SMILES string of the molecule is COc1cc2ncnc(Nc3cccc([N+](=O)[O-])c3)c2c(OC)c1OC. The average Bonchev–Trinajstić information content (AvgIpc) is 2.66. The third kappa shape index (κ3) is 3.02. The normalized spacial score (nSPS) is 10.4. The molecule has 0 spiro atoms. The van der Waals surface area contributed by atoms with Gasteiger partial charge in [0.2, 0.25) is 5.75 Å². The Morgan fingerprint density at radius 1 is 1.04 bits per heavy atom. The number of benzene rings is 2. The van der Waals surface area contributed by atoms with Gasteiger partial charge in [0.05, 0.1) is 37.2 Å². The maximum Gasteiger partial charge on any atom is 0.271 e. The van der Waals surface area contributed by atoms with Gasteiger partial charge in [-0.2, -0.15) is 0 Å². The smallest absolute Gasteiger partial charge is 0.271 e. The molecule has 1 aromatic heterocycles. The first-order valence-electron chi connectivity index (χ1n) is 7.54. The number of anilines is 2. The Balaban J connectivity index is 2.17. The Bertz CT molecular complexity index is 977. The van der Waals surface area contributed by atoms with Crippen molar-refractivity contribution in [1.82, 2.24) is 9.97 Å². The van der Waals surface area contributed by atoms with Gasteiger partial charge in [0.25, 0.3) is 5.69 Å². The van der Waals surface area contributed by atoms with E-state index in [2.05, 4.69) is 15.3 Å². The van der Waals surface area contributed by atoms with Gasteiger partial charge in [-0.3, -0.25) is 10.1 Å². The Morgan fingerprint density at radius 3 is 2.46 bits per heavy atom. The van der Waals surface area contributed by atoms with E-state index in [9.17, 15) is 10.1 Å². The Hall–Kier alpha value is -3.62. The van der Waals surface area contributed by atoms with E-state index in [4.69, 9.17) is 14.2 Å². The molecule has 1 heterocycles. The Labute approximate surface area is 148 Å². The van der Waals surface area contributed by atoms with Crippen LogP contribution in [0.15, 0.2) is 36.7 Å². The molecule has 2 aromatic carbocycles. The van der Waals surface area contributed by atoms with Crippen molar-refractivity contribution in [2.45, 2.75) is 0 Å². The fourth-order valence-electron chi connectivity index (χ4n) is 2.62. The number of non-ortho nitro benzene ring substituents is 1. The van der Waals surface area contributed by atoms with Gasteiger partial charge < -0.3 is 19.5 Å². The summed E-state index contributed by atoms with van der Waals surface area (Å²) in [6.45, 7) is 0. The lowest BCUT2D eigenvalue weighted by molar-refractivity contribution is -0.384. The summed E-state index contributed by atoms with van der Waals surface area (Å²) in [5.41, 5.74) is 1.05. The number of methoxy groups -OCH3 is 3. The van der Waals surface area contributed by atoms with Gasteiger partial charge in [-0.25, -0.2) is 9.97 Å². The van der Waals surface area contributed by atoms with Gasteiger partial charge in [-0.05, 0) is 6.07 Å². The maximum atomic E-state index is 11.0. The van der Waals surface area contributed by atoms with E-state index in [1.165, 1.54) is 39.8 Å². The lowest BCUT2D eigenvalue weighted by Crippen LogP contribution is -2.01. The molecular weight excluding hydrogens is 340 g/mol. The topological polar surface area (TPSA) is 109 Å². The van der Waals surface area contributed by atoms with E-state index in [-0.39, 0.29) is 5.69 Å².